The summed E-state index contributed by atoms with van der Waals surface area (Å²) in [5.74, 6) is 2.24. The van der Waals surface area contributed by atoms with Gasteiger partial charge >= 0.3 is 0 Å². The molecule has 0 saturated carbocycles. The normalized spacial score (nSPS) is 26.2. The molecular weight excluding hydrogens is 312 g/mol. The van der Waals surface area contributed by atoms with Crippen molar-refractivity contribution in [3.63, 3.8) is 0 Å². The van der Waals surface area contributed by atoms with E-state index in [4.69, 9.17) is 5.26 Å². The minimum absolute atomic E-state index is 0.580. The van der Waals surface area contributed by atoms with Crippen molar-refractivity contribution in [3.05, 3.63) is 41.1 Å². The Labute approximate surface area is 138 Å². The Morgan fingerprint density at radius 2 is 2.14 bits per heavy atom. The lowest BCUT2D eigenvalue weighted by atomic mass is 9.90. The van der Waals surface area contributed by atoms with E-state index in [0.717, 1.165) is 23.2 Å². The molecule has 2 saturated heterocycles. The summed E-state index contributed by atoms with van der Waals surface area (Å²) in [6.45, 7) is 3.65. The zero-order chi connectivity index (χ0) is 14.9. The maximum absolute atomic E-state index is 8.84. The highest BCUT2D eigenvalue weighted by atomic mass is 32.2. The van der Waals surface area contributed by atoms with E-state index in [-0.39, 0.29) is 0 Å². The maximum atomic E-state index is 8.84. The highest BCUT2D eigenvalue weighted by molar-refractivity contribution is 7.98. The molecule has 1 aromatic heterocycles. The van der Waals surface area contributed by atoms with Crippen molar-refractivity contribution in [1.82, 2.24) is 13.6 Å². The van der Waals surface area contributed by atoms with Crippen LogP contribution in [0.1, 0.15) is 29.2 Å². The molecule has 2 bridgehead atoms. The molecule has 0 spiro atoms. The highest BCUT2D eigenvalue weighted by Crippen LogP contribution is 2.42. The number of hydrogen-bond donors (Lipinski definition) is 0. The fourth-order valence-corrected chi connectivity index (χ4v) is 5.16. The van der Waals surface area contributed by atoms with Crippen LogP contribution in [0.4, 0.5) is 0 Å². The van der Waals surface area contributed by atoms with Gasteiger partial charge in [-0.1, -0.05) is 23.9 Å². The van der Waals surface area contributed by atoms with Gasteiger partial charge in [0.15, 0.2) is 0 Å². The zero-order valence-corrected chi connectivity index (χ0v) is 13.7. The molecule has 0 aliphatic carbocycles. The SMILES string of the molecule is N#Cc1ccc(CSc2nsnc2C2CN3CCC2C3)cc1. The second-order valence-electron chi connectivity index (χ2n) is 5.97. The molecule has 3 atom stereocenters. The van der Waals surface area contributed by atoms with Crippen LogP contribution in [0, 0.1) is 17.2 Å². The summed E-state index contributed by atoms with van der Waals surface area (Å²) in [5, 5.41) is 9.95. The van der Waals surface area contributed by atoms with Gasteiger partial charge in [-0.2, -0.15) is 14.0 Å². The fourth-order valence-electron chi connectivity index (χ4n) is 3.43. The lowest BCUT2D eigenvalue weighted by Gasteiger charge is -2.20. The average Bonchev–Trinajstić information content (AvgIpc) is 3.29. The van der Waals surface area contributed by atoms with Crippen LogP contribution in [0.5, 0.6) is 0 Å². The first-order valence-electron chi connectivity index (χ1n) is 7.50. The van der Waals surface area contributed by atoms with Crippen LogP contribution in [-0.2, 0) is 5.75 Å². The molecule has 3 unspecified atom stereocenters. The van der Waals surface area contributed by atoms with Crippen molar-refractivity contribution >= 4 is 23.5 Å². The van der Waals surface area contributed by atoms with Crippen LogP contribution in [0.3, 0.4) is 0 Å². The summed E-state index contributed by atoms with van der Waals surface area (Å²) >= 11 is 3.11. The van der Waals surface area contributed by atoms with Crippen LogP contribution < -0.4 is 0 Å². The molecule has 0 radical (unpaired) electrons. The first-order valence-corrected chi connectivity index (χ1v) is 9.22. The Morgan fingerprint density at radius 1 is 1.27 bits per heavy atom. The molecule has 2 aromatic rings. The van der Waals surface area contributed by atoms with Crippen molar-refractivity contribution in [1.29, 1.82) is 5.26 Å². The van der Waals surface area contributed by atoms with E-state index in [9.17, 15) is 0 Å². The van der Waals surface area contributed by atoms with Gasteiger partial charge < -0.3 is 4.90 Å². The molecule has 0 amide bonds. The van der Waals surface area contributed by atoms with Gasteiger partial charge in [0.25, 0.3) is 0 Å². The van der Waals surface area contributed by atoms with E-state index in [0.29, 0.717) is 11.5 Å². The van der Waals surface area contributed by atoms with Crippen molar-refractivity contribution in [2.45, 2.75) is 23.1 Å². The quantitative estimate of drug-likeness (QED) is 0.807. The Bertz CT molecular complexity index is 704. The van der Waals surface area contributed by atoms with Gasteiger partial charge in [0.2, 0.25) is 0 Å². The number of benzene rings is 1. The van der Waals surface area contributed by atoms with Gasteiger partial charge in [-0.3, -0.25) is 0 Å². The number of rotatable bonds is 4. The van der Waals surface area contributed by atoms with Gasteiger partial charge in [0, 0.05) is 24.8 Å². The van der Waals surface area contributed by atoms with E-state index in [1.54, 1.807) is 11.8 Å². The average molecular weight is 328 g/mol. The number of thioether (sulfide) groups is 1. The van der Waals surface area contributed by atoms with E-state index in [1.807, 2.05) is 24.3 Å². The predicted molar refractivity (Wildman–Crippen MR) is 87.9 cm³/mol. The third-order valence-electron chi connectivity index (χ3n) is 4.62. The van der Waals surface area contributed by atoms with Gasteiger partial charge in [-0.15, -0.1) is 0 Å². The molecule has 2 aliphatic rings. The fraction of sp³-hybridized carbons (Fsp3) is 0.438. The summed E-state index contributed by atoms with van der Waals surface area (Å²) in [5.41, 5.74) is 3.15. The smallest absolute Gasteiger partial charge is 0.134 e. The summed E-state index contributed by atoms with van der Waals surface area (Å²) in [6.07, 6.45) is 1.31. The molecule has 3 heterocycles. The lowest BCUT2D eigenvalue weighted by molar-refractivity contribution is 0.342. The van der Waals surface area contributed by atoms with E-state index < -0.39 is 0 Å². The molecule has 112 valence electrons. The first-order chi connectivity index (χ1) is 10.8. The standard InChI is InChI=1S/C16H16N4S2/c17-7-11-1-3-12(4-2-11)10-21-16-15(18-22-19-16)14-9-20-6-5-13(14)8-20/h1-4,13-14H,5-6,8-10H2. The topological polar surface area (TPSA) is 52.8 Å². The largest absolute Gasteiger partial charge is 0.302 e. The van der Waals surface area contributed by atoms with E-state index in [2.05, 4.69) is 19.7 Å². The van der Waals surface area contributed by atoms with Crippen molar-refractivity contribution in [2.24, 2.45) is 5.92 Å². The number of nitrogens with zero attached hydrogens (tertiary/aromatic N) is 4. The molecule has 0 N–H and O–H groups in total. The summed E-state index contributed by atoms with van der Waals surface area (Å²) < 4.78 is 9.11. The Hall–Kier alpha value is -1.42. The van der Waals surface area contributed by atoms with Crippen molar-refractivity contribution in [2.75, 3.05) is 19.6 Å². The van der Waals surface area contributed by atoms with Crippen LogP contribution in [0.2, 0.25) is 0 Å². The number of aromatic nitrogens is 2. The third kappa shape index (κ3) is 2.65. The van der Waals surface area contributed by atoms with Gasteiger partial charge in [-0.05, 0) is 36.6 Å². The zero-order valence-electron chi connectivity index (χ0n) is 12.1. The Balaban J connectivity index is 1.45. The second-order valence-corrected chi connectivity index (χ2v) is 7.46. The molecule has 2 aliphatic heterocycles. The second kappa shape index (κ2) is 5.99. The van der Waals surface area contributed by atoms with Gasteiger partial charge in [-0.25, -0.2) is 0 Å². The molecule has 4 rings (SSSR count). The minimum Gasteiger partial charge on any atom is -0.302 e. The van der Waals surface area contributed by atoms with Crippen LogP contribution in [0.15, 0.2) is 29.3 Å². The first kappa shape index (κ1) is 14.2. The van der Waals surface area contributed by atoms with Crippen LogP contribution in [0.25, 0.3) is 0 Å². The molecule has 22 heavy (non-hydrogen) atoms. The third-order valence-corrected chi connectivity index (χ3v) is 6.33. The van der Waals surface area contributed by atoms with E-state index >= 15 is 0 Å². The Kier molecular flexibility index (Phi) is 3.87. The number of nitriles is 1. The van der Waals surface area contributed by atoms with E-state index in [1.165, 1.54) is 42.5 Å². The van der Waals surface area contributed by atoms with Crippen molar-refractivity contribution in [3.8, 4) is 6.07 Å². The maximum Gasteiger partial charge on any atom is 0.134 e. The predicted octanol–water partition coefficient (Wildman–Crippen LogP) is 3.12. The highest BCUT2D eigenvalue weighted by Gasteiger charge is 2.41. The van der Waals surface area contributed by atoms with Crippen molar-refractivity contribution < 1.29 is 0 Å². The Morgan fingerprint density at radius 3 is 2.82 bits per heavy atom. The lowest BCUT2D eigenvalue weighted by Crippen LogP contribution is -2.22. The summed E-state index contributed by atoms with van der Waals surface area (Å²) in [6, 6.07) is 9.95. The van der Waals surface area contributed by atoms with Crippen LogP contribution >= 0.6 is 23.5 Å². The number of hydrogen-bond acceptors (Lipinski definition) is 6. The van der Waals surface area contributed by atoms with Gasteiger partial charge in [0.1, 0.15) is 5.03 Å². The number of piperidine rings is 1. The molecule has 1 aromatic carbocycles. The molecule has 4 nitrogen and oxygen atoms in total. The molecule has 2 fully saturated rings. The number of fused-ring (bicyclic) bond motifs is 2. The molecular formula is C16H16N4S2. The molecule has 6 heteroatoms. The van der Waals surface area contributed by atoms with Crippen LogP contribution in [-0.4, -0.2) is 33.3 Å². The summed E-state index contributed by atoms with van der Waals surface area (Å²) in [7, 11) is 0. The van der Waals surface area contributed by atoms with Gasteiger partial charge in [0.05, 0.1) is 29.1 Å². The summed E-state index contributed by atoms with van der Waals surface area (Å²) in [4.78, 5) is 2.55. The minimum atomic E-state index is 0.580. The monoisotopic (exact) mass is 328 g/mol.